The van der Waals surface area contributed by atoms with Gasteiger partial charge in [-0.3, -0.25) is 4.79 Å². The van der Waals surface area contributed by atoms with Gasteiger partial charge in [0.2, 0.25) is 0 Å². The minimum absolute atomic E-state index is 0.503. The van der Waals surface area contributed by atoms with Gasteiger partial charge in [-0.15, -0.1) is 6.58 Å². The number of hydrogen-bond acceptors (Lipinski definition) is 2. The van der Waals surface area contributed by atoms with Crippen LogP contribution in [0.3, 0.4) is 0 Å². The van der Waals surface area contributed by atoms with Crippen LogP contribution in [0.4, 0.5) is 0 Å². The standard InChI is InChI=1S/C8H14O3/c1-3-5-7(9)6(4-2)8(10)11/h4,6-7,9H,2-3,5H2,1H3,(H,10,11). The molecule has 0 radical (unpaired) electrons. The zero-order chi connectivity index (χ0) is 8.85. The lowest BCUT2D eigenvalue weighted by Gasteiger charge is -2.13. The van der Waals surface area contributed by atoms with Crippen LogP contribution in [0.1, 0.15) is 19.8 Å². The molecule has 2 N–H and O–H groups in total. The van der Waals surface area contributed by atoms with Crippen LogP contribution in [-0.2, 0) is 4.79 Å². The molecule has 0 aromatic rings. The van der Waals surface area contributed by atoms with E-state index in [9.17, 15) is 9.90 Å². The first kappa shape index (κ1) is 10.2. The Morgan fingerprint density at radius 1 is 1.73 bits per heavy atom. The Labute approximate surface area is 66.4 Å². The molecule has 0 amide bonds. The van der Waals surface area contributed by atoms with E-state index in [4.69, 9.17) is 5.11 Å². The van der Waals surface area contributed by atoms with Gasteiger partial charge < -0.3 is 10.2 Å². The third-order valence-corrected chi connectivity index (χ3v) is 1.54. The lowest BCUT2D eigenvalue weighted by molar-refractivity contribution is -0.143. The molecule has 0 aliphatic carbocycles. The zero-order valence-electron chi connectivity index (χ0n) is 6.66. The molecule has 0 saturated carbocycles. The molecule has 0 rings (SSSR count). The Kier molecular flexibility index (Phi) is 4.54. The molecule has 3 heteroatoms. The van der Waals surface area contributed by atoms with Crippen molar-refractivity contribution in [3.05, 3.63) is 12.7 Å². The number of carboxylic acids is 1. The summed E-state index contributed by atoms with van der Waals surface area (Å²) in [5.74, 6) is -1.84. The number of carboxylic acid groups (broad SMARTS) is 1. The molecule has 64 valence electrons. The van der Waals surface area contributed by atoms with Crippen LogP contribution < -0.4 is 0 Å². The SMILES string of the molecule is C=CC(C(=O)O)C(O)CCC. The number of aliphatic carboxylic acids is 1. The van der Waals surface area contributed by atoms with Crippen molar-refractivity contribution in [3.8, 4) is 0 Å². The van der Waals surface area contributed by atoms with E-state index in [2.05, 4.69) is 6.58 Å². The first-order valence-electron chi connectivity index (χ1n) is 3.66. The summed E-state index contributed by atoms with van der Waals surface area (Å²) < 4.78 is 0. The third kappa shape index (κ3) is 3.18. The van der Waals surface area contributed by atoms with Gasteiger partial charge in [0.05, 0.1) is 6.10 Å². The molecule has 3 nitrogen and oxygen atoms in total. The topological polar surface area (TPSA) is 57.5 Å². The summed E-state index contributed by atoms with van der Waals surface area (Å²) >= 11 is 0. The van der Waals surface area contributed by atoms with Crippen LogP contribution in [0.2, 0.25) is 0 Å². The van der Waals surface area contributed by atoms with Crippen molar-refractivity contribution in [2.45, 2.75) is 25.9 Å². The molecule has 2 unspecified atom stereocenters. The Morgan fingerprint density at radius 2 is 2.27 bits per heavy atom. The third-order valence-electron chi connectivity index (χ3n) is 1.54. The van der Waals surface area contributed by atoms with E-state index in [-0.39, 0.29) is 0 Å². The second-order valence-electron chi connectivity index (χ2n) is 2.46. The van der Waals surface area contributed by atoms with Crippen LogP contribution in [0.25, 0.3) is 0 Å². The molecule has 2 atom stereocenters. The predicted octanol–water partition coefficient (Wildman–Crippen LogP) is 1.03. The van der Waals surface area contributed by atoms with E-state index in [1.165, 1.54) is 6.08 Å². The van der Waals surface area contributed by atoms with Crippen LogP contribution in [-0.4, -0.2) is 22.3 Å². The van der Waals surface area contributed by atoms with Crippen LogP contribution >= 0.6 is 0 Å². The van der Waals surface area contributed by atoms with Crippen molar-refractivity contribution in [2.75, 3.05) is 0 Å². The molecule has 0 aromatic carbocycles. The van der Waals surface area contributed by atoms with Crippen LogP contribution in [0.15, 0.2) is 12.7 Å². The van der Waals surface area contributed by atoms with E-state index in [1.54, 1.807) is 0 Å². The molecule has 0 aliphatic heterocycles. The van der Waals surface area contributed by atoms with Gasteiger partial charge in [0, 0.05) is 0 Å². The monoisotopic (exact) mass is 158 g/mol. The highest BCUT2D eigenvalue weighted by atomic mass is 16.4. The summed E-state index contributed by atoms with van der Waals surface area (Å²) in [5.41, 5.74) is 0. The maximum Gasteiger partial charge on any atom is 0.312 e. The van der Waals surface area contributed by atoms with Gasteiger partial charge in [0.1, 0.15) is 5.92 Å². The lowest BCUT2D eigenvalue weighted by atomic mass is 9.99. The second kappa shape index (κ2) is 4.91. The fraction of sp³-hybridized carbons (Fsp3) is 0.625. The van der Waals surface area contributed by atoms with Gasteiger partial charge in [0.25, 0.3) is 0 Å². The number of aliphatic hydroxyl groups is 1. The normalized spacial score (nSPS) is 15.5. The molecular weight excluding hydrogens is 144 g/mol. The number of hydrogen-bond donors (Lipinski definition) is 2. The molecule has 0 aromatic heterocycles. The van der Waals surface area contributed by atoms with Crippen molar-refractivity contribution in [1.82, 2.24) is 0 Å². The summed E-state index contributed by atoms with van der Waals surface area (Å²) in [6.45, 7) is 5.24. The van der Waals surface area contributed by atoms with Gasteiger partial charge in [-0.05, 0) is 6.42 Å². The molecule has 0 heterocycles. The van der Waals surface area contributed by atoms with Gasteiger partial charge in [0.15, 0.2) is 0 Å². The highest BCUT2D eigenvalue weighted by Crippen LogP contribution is 2.10. The fourth-order valence-corrected chi connectivity index (χ4v) is 0.898. The fourth-order valence-electron chi connectivity index (χ4n) is 0.898. The van der Waals surface area contributed by atoms with E-state index >= 15 is 0 Å². The zero-order valence-corrected chi connectivity index (χ0v) is 6.66. The van der Waals surface area contributed by atoms with Crippen molar-refractivity contribution in [2.24, 2.45) is 5.92 Å². The summed E-state index contributed by atoms with van der Waals surface area (Å²) in [6.07, 6.45) is 1.75. The first-order chi connectivity index (χ1) is 5.13. The summed E-state index contributed by atoms with van der Waals surface area (Å²) in [6, 6.07) is 0. The van der Waals surface area contributed by atoms with E-state index in [0.29, 0.717) is 6.42 Å². The minimum atomic E-state index is -1.01. The van der Waals surface area contributed by atoms with E-state index < -0.39 is 18.0 Å². The molecule has 0 spiro atoms. The summed E-state index contributed by atoms with van der Waals surface area (Å²) in [5, 5.41) is 17.8. The predicted molar refractivity (Wildman–Crippen MR) is 42.2 cm³/mol. The Bertz CT molecular complexity index is 142. The second-order valence-corrected chi connectivity index (χ2v) is 2.46. The van der Waals surface area contributed by atoms with Crippen LogP contribution in [0.5, 0.6) is 0 Å². The van der Waals surface area contributed by atoms with Gasteiger partial charge in [-0.2, -0.15) is 0 Å². The average molecular weight is 158 g/mol. The van der Waals surface area contributed by atoms with Crippen molar-refractivity contribution >= 4 is 5.97 Å². The summed E-state index contributed by atoms with van der Waals surface area (Å²) in [4.78, 5) is 10.4. The minimum Gasteiger partial charge on any atom is -0.481 e. The average Bonchev–Trinajstić information content (AvgIpc) is 1.88. The molecule has 0 aliphatic rings. The highest BCUT2D eigenvalue weighted by molar-refractivity contribution is 5.72. The quantitative estimate of drug-likeness (QED) is 0.587. The van der Waals surface area contributed by atoms with Gasteiger partial charge in [-0.1, -0.05) is 19.4 Å². The Balaban J connectivity index is 4.02. The van der Waals surface area contributed by atoms with Crippen LogP contribution in [0, 0.1) is 5.92 Å². The molecule has 11 heavy (non-hydrogen) atoms. The maximum absolute atomic E-state index is 10.4. The Hall–Kier alpha value is -0.830. The van der Waals surface area contributed by atoms with E-state index in [0.717, 1.165) is 6.42 Å². The lowest BCUT2D eigenvalue weighted by Crippen LogP contribution is -2.25. The van der Waals surface area contributed by atoms with Crippen molar-refractivity contribution in [1.29, 1.82) is 0 Å². The molecule has 0 saturated heterocycles. The summed E-state index contributed by atoms with van der Waals surface area (Å²) in [7, 11) is 0. The largest absolute Gasteiger partial charge is 0.481 e. The first-order valence-corrected chi connectivity index (χ1v) is 3.66. The molecular formula is C8H14O3. The molecule has 0 fully saturated rings. The maximum atomic E-state index is 10.4. The van der Waals surface area contributed by atoms with Crippen molar-refractivity contribution < 1.29 is 15.0 Å². The van der Waals surface area contributed by atoms with Crippen molar-refractivity contribution in [3.63, 3.8) is 0 Å². The van der Waals surface area contributed by atoms with Gasteiger partial charge in [-0.25, -0.2) is 0 Å². The number of rotatable bonds is 5. The highest BCUT2D eigenvalue weighted by Gasteiger charge is 2.21. The Morgan fingerprint density at radius 3 is 2.55 bits per heavy atom. The van der Waals surface area contributed by atoms with E-state index in [1.807, 2.05) is 6.92 Å². The number of aliphatic hydroxyl groups excluding tert-OH is 1. The van der Waals surface area contributed by atoms with Gasteiger partial charge >= 0.3 is 5.97 Å². The number of carbonyl (C=O) groups is 1. The smallest absolute Gasteiger partial charge is 0.312 e. The molecule has 0 bridgehead atoms.